The van der Waals surface area contributed by atoms with Gasteiger partial charge in [0.25, 0.3) is 5.91 Å². The molecule has 13 nitrogen and oxygen atoms in total. The Balaban J connectivity index is 1.77. The molecular weight excluding hydrogens is 589 g/mol. The molecule has 1 atom stereocenters. The lowest BCUT2D eigenvalue weighted by Gasteiger charge is -2.31. The van der Waals surface area contributed by atoms with Crippen molar-refractivity contribution in [2.45, 2.75) is 26.5 Å². The summed E-state index contributed by atoms with van der Waals surface area (Å²) in [6.07, 6.45) is 4.73. The molecule has 16 heteroatoms. The Morgan fingerprint density at radius 1 is 1.24 bits per heavy atom. The summed E-state index contributed by atoms with van der Waals surface area (Å²) in [5.74, 6) is -1.60. The minimum atomic E-state index is -3.78. The van der Waals surface area contributed by atoms with Crippen LogP contribution in [0.1, 0.15) is 31.9 Å². The molecule has 1 aromatic carbocycles. The lowest BCUT2D eigenvalue weighted by molar-refractivity contribution is -0.120. The zero-order valence-electron chi connectivity index (χ0n) is 23.1. The molecular formula is C26H29ClFN9O4S. The van der Waals surface area contributed by atoms with Gasteiger partial charge >= 0.3 is 0 Å². The molecule has 0 fully saturated rings. The number of carbonyl (C=O) groups is 1. The lowest BCUT2D eigenvalue weighted by atomic mass is 9.96. The molecule has 222 valence electrons. The summed E-state index contributed by atoms with van der Waals surface area (Å²) in [5, 5.41) is 30.0. The number of aromatic nitrogens is 2. The number of benzene rings is 1. The first-order valence-corrected chi connectivity index (χ1v) is 14.7. The molecule has 1 aliphatic rings. The third-order valence-corrected chi connectivity index (χ3v) is 6.82. The molecule has 0 unspecified atom stereocenters. The third kappa shape index (κ3) is 7.15. The third-order valence-electron chi connectivity index (χ3n) is 5.93. The zero-order valence-corrected chi connectivity index (χ0v) is 24.7. The molecule has 6 N–H and O–H groups in total. The first kappa shape index (κ1) is 30.7. The number of nitrogens with zero attached hydrogens (tertiary/aromatic N) is 4. The Bertz CT molecular complexity index is 1710. The second-order valence-corrected chi connectivity index (χ2v) is 13.0. The quantitative estimate of drug-likeness (QED) is 0.152. The number of hydrogen-bond acceptors (Lipinski definition) is 12. The molecule has 0 bridgehead atoms. The highest BCUT2D eigenvalue weighted by molar-refractivity contribution is 7.89. The Hall–Kier alpha value is -4.23. The van der Waals surface area contributed by atoms with Crippen LogP contribution in [0.3, 0.4) is 0 Å². The average molecular weight is 618 g/mol. The van der Waals surface area contributed by atoms with Gasteiger partial charge in [0.1, 0.15) is 18.3 Å². The fourth-order valence-corrected chi connectivity index (χ4v) is 4.82. The van der Waals surface area contributed by atoms with E-state index in [4.69, 9.17) is 11.6 Å². The molecule has 3 heterocycles. The SMILES string of the molecule is CC(C)(C)CNc1c(C#N)cnc2c(Cl)cc(N[C@@](O)(C3=CN(CC(=O)NS(C)(=O)=O)NN3)c3ccc(F)nc3)cc12. The number of sulfonamides is 1. The van der Waals surface area contributed by atoms with E-state index in [1.165, 1.54) is 29.5 Å². The van der Waals surface area contributed by atoms with Crippen LogP contribution in [0.15, 0.2) is 48.6 Å². The van der Waals surface area contributed by atoms with Gasteiger partial charge in [0.15, 0.2) is 0 Å². The lowest BCUT2D eigenvalue weighted by Crippen LogP contribution is -2.46. The van der Waals surface area contributed by atoms with E-state index in [1.54, 1.807) is 6.07 Å². The van der Waals surface area contributed by atoms with Crippen LogP contribution >= 0.6 is 11.6 Å². The van der Waals surface area contributed by atoms with Crippen molar-refractivity contribution in [1.29, 1.82) is 5.26 Å². The Labute approximate surface area is 246 Å². The number of aliphatic hydroxyl groups is 1. The van der Waals surface area contributed by atoms with Gasteiger partial charge in [0.05, 0.1) is 28.0 Å². The van der Waals surface area contributed by atoms with Crippen LogP contribution in [-0.4, -0.2) is 53.8 Å². The molecule has 3 aromatic rings. The van der Waals surface area contributed by atoms with E-state index in [0.717, 1.165) is 18.5 Å². The van der Waals surface area contributed by atoms with Crippen molar-refractivity contribution in [3.05, 3.63) is 70.7 Å². The van der Waals surface area contributed by atoms with Crippen molar-refractivity contribution >= 4 is 49.8 Å². The van der Waals surface area contributed by atoms with Crippen LogP contribution < -0.4 is 26.3 Å². The summed E-state index contributed by atoms with van der Waals surface area (Å²) >= 11 is 6.61. The smallest absolute Gasteiger partial charge is 0.254 e. The summed E-state index contributed by atoms with van der Waals surface area (Å²) in [7, 11) is -3.78. The van der Waals surface area contributed by atoms with Gasteiger partial charge in [0.2, 0.25) is 21.7 Å². The van der Waals surface area contributed by atoms with Crippen molar-refractivity contribution < 1.29 is 22.7 Å². The maximum Gasteiger partial charge on any atom is 0.254 e. The highest BCUT2D eigenvalue weighted by Gasteiger charge is 2.38. The second kappa shape index (κ2) is 11.6. The minimum Gasteiger partial charge on any atom is -0.383 e. The molecule has 2 aromatic heterocycles. The summed E-state index contributed by atoms with van der Waals surface area (Å²) in [5.41, 5.74) is 4.86. The summed E-state index contributed by atoms with van der Waals surface area (Å²) in [4.78, 5) is 20.1. The summed E-state index contributed by atoms with van der Waals surface area (Å²) in [6, 6.07) is 7.69. The molecule has 0 aliphatic carbocycles. The fourth-order valence-electron chi connectivity index (χ4n) is 4.07. The molecule has 4 rings (SSSR count). The number of carbonyl (C=O) groups excluding carboxylic acids is 1. The first-order chi connectivity index (χ1) is 19.6. The number of nitriles is 1. The van der Waals surface area contributed by atoms with E-state index in [0.29, 0.717) is 34.4 Å². The summed E-state index contributed by atoms with van der Waals surface area (Å²) in [6.45, 7) is 6.21. The largest absolute Gasteiger partial charge is 0.383 e. The van der Waals surface area contributed by atoms with E-state index >= 15 is 0 Å². The molecule has 0 radical (unpaired) electrons. The number of hydrogen-bond donors (Lipinski definition) is 6. The normalized spacial score (nSPS) is 14.9. The van der Waals surface area contributed by atoms with Gasteiger partial charge in [-0.25, -0.2) is 13.4 Å². The van der Waals surface area contributed by atoms with E-state index in [9.17, 15) is 28.0 Å². The highest BCUT2D eigenvalue weighted by Crippen LogP contribution is 2.37. The van der Waals surface area contributed by atoms with Crippen molar-refractivity contribution in [3.63, 3.8) is 0 Å². The number of fused-ring (bicyclic) bond motifs is 1. The number of nitrogens with one attached hydrogen (secondary N) is 5. The van der Waals surface area contributed by atoms with E-state index in [2.05, 4.69) is 37.6 Å². The number of pyridine rings is 2. The molecule has 42 heavy (non-hydrogen) atoms. The molecule has 0 saturated heterocycles. The Morgan fingerprint density at radius 2 is 1.98 bits per heavy atom. The predicted molar refractivity (Wildman–Crippen MR) is 155 cm³/mol. The second-order valence-electron chi connectivity index (χ2n) is 10.8. The van der Waals surface area contributed by atoms with Crippen LogP contribution in [-0.2, 0) is 20.5 Å². The standard InChI is InChI=1S/C26H29ClFN9O4S/c1-25(2,3)14-32-23-15(9-29)10-31-24-18(23)7-17(8-19(24)27)33-26(39,16-5-6-21(28)30-11-16)20-12-37(36-34-20)13-22(38)35-42(4,40)41/h5-8,10-12,33-34,36,39H,13-14H2,1-4H3,(H,31,32)(H,35,38)/t26-/m0/s1. The topological polar surface area (TPSA) is 184 Å². The average Bonchev–Trinajstić information content (AvgIpc) is 3.34. The zero-order chi connectivity index (χ0) is 30.9. The number of amides is 1. The van der Waals surface area contributed by atoms with Crippen molar-refractivity contribution in [1.82, 2.24) is 30.7 Å². The van der Waals surface area contributed by atoms with Gasteiger partial charge in [0, 0.05) is 41.8 Å². The predicted octanol–water partition coefficient (Wildman–Crippen LogP) is 2.25. The monoisotopic (exact) mass is 617 g/mol. The summed E-state index contributed by atoms with van der Waals surface area (Å²) < 4.78 is 38.4. The minimum absolute atomic E-state index is 0.0502. The van der Waals surface area contributed by atoms with Gasteiger partial charge in [-0.1, -0.05) is 32.4 Å². The van der Waals surface area contributed by atoms with Crippen molar-refractivity contribution in [2.75, 3.05) is 30.0 Å². The van der Waals surface area contributed by atoms with Gasteiger partial charge in [-0.2, -0.15) is 9.65 Å². The van der Waals surface area contributed by atoms with E-state index in [-0.39, 0.29) is 21.7 Å². The first-order valence-electron chi connectivity index (χ1n) is 12.5. The molecule has 1 amide bonds. The van der Waals surface area contributed by atoms with Crippen molar-refractivity contribution in [3.8, 4) is 6.07 Å². The van der Waals surface area contributed by atoms with Gasteiger partial charge < -0.3 is 21.2 Å². The van der Waals surface area contributed by atoms with Gasteiger partial charge in [-0.3, -0.25) is 19.5 Å². The number of hydrazine groups is 2. The van der Waals surface area contributed by atoms with Gasteiger partial charge in [-0.15, -0.1) is 5.53 Å². The van der Waals surface area contributed by atoms with Crippen LogP contribution in [0.25, 0.3) is 10.9 Å². The maximum absolute atomic E-state index is 13.7. The number of halogens is 2. The molecule has 0 spiro atoms. The Kier molecular flexibility index (Phi) is 8.46. The maximum atomic E-state index is 13.7. The molecule has 1 aliphatic heterocycles. The van der Waals surface area contributed by atoms with Crippen LogP contribution in [0.5, 0.6) is 0 Å². The van der Waals surface area contributed by atoms with Gasteiger partial charge in [-0.05, 0) is 29.7 Å². The fraction of sp³-hybridized carbons (Fsp3) is 0.308. The molecule has 0 saturated carbocycles. The number of rotatable bonds is 9. The Morgan fingerprint density at radius 3 is 2.60 bits per heavy atom. The van der Waals surface area contributed by atoms with Crippen LogP contribution in [0, 0.1) is 22.7 Å². The van der Waals surface area contributed by atoms with Crippen LogP contribution in [0.2, 0.25) is 5.02 Å². The van der Waals surface area contributed by atoms with E-state index in [1.807, 2.05) is 25.5 Å². The van der Waals surface area contributed by atoms with Crippen molar-refractivity contribution in [2.24, 2.45) is 5.41 Å². The number of anilines is 2. The van der Waals surface area contributed by atoms with Crippen LogP contribution in [0.4, 0.5) is 15.8 Å². The van der Waals surface area contributed by atoms with E-state index < -0.39 is 34.1 Å². The highest BCUT2D eigenvalue weighted by atomic mass is 35.5.